The average Bonchev–Trinajstić information content (AvgIpc) is 3.00. The van der Waals surface area contributed by atoms with E-state index in [1.165, 1.54) is 12.1 Å². The molecule has 202 valence electrons. The summed E-state index contributed by atoms with van der Waals surface area (Å²) in [5.74, 6) is 0.798. The lowest BCUT2D eigenvalue weighted by Crippen LogP contribution is -2.13. The van der Waals surface area contributed by atoms with Crippen molar-refractivity contribution in [2.24, 2.45) is 10.2 Å². The predicted octanol–water partition coefficient (Wildman–Crippen LogP) is 8.22. The predicted molar refractivity (Wildman–Crippen MR) is 168 cm³/mol. The lowest BCUT2D eigenvalue weighted by molar-refractivity contribution is -0.384. The first-order valence-corrected chi connectivity index (χ1v) is 13.8. The van der Waals surface area contributed by atoms with Gasteiger partial charge in [-0.25, -0.2) is 0 Å². The van der Waals surface area contributed by atoms with Gasteiger partial charge in [0.1, 0.15) is 12.1 Å². The van der Waals surface area contributed by atoms with E-state index >= 15 is 0 Å². The van der Waals surface area contributed by atoms with Gasteiger partial charge in [-0.15, -0.1) is 9.24 Å². The quantitative estimate of drug-likeness (QED) is 0.0664. The van der Waals surface area contributed by atoms with E-state index in [-0.39, 0.29) is 5.69 Å². The summed E-state index contributed by atoms with van der Waals surface area (Å²) in [6.45, 7) is 0. The summed E-state index contributed by atoms with van der Waals surface area (Å²) in [6, 6.07) is 31.1. The number of nitriles is 1. The number of anilines is 1. The molecule has 2 unspecified atom stereocenters. The Balaban J connectivity index is 0.000000222. The van der Waals surface area contributed by atoms with Crippen LogP contribution in [-0.4, -0.2) is 24.6 Å². The van der Waals surface area contributed by atoms with Crippen molar-refractivity contribution in [1.82, 2.24) is 0 Å². The van der Waals surface area contributed by atoms with Crippen LogP contribution in [0.2, 0.25) is 0 Å². The molecule has 4 rings (SSSR count). The normalized spacial score (nSPS) is 10.6. The maximum Gasteiger partial charge on any atom is 0.269 e. The van der Waals surface area contributed by atoms with Gasteiger partial charge in [0.2, 0.25) is 0 Å². The van der Waals surface area contributed by atoms with Crippen molar-refractivity contribution in [1.29, 1.82) is 5.26 Å². The van der Waals surface area contributed by atoms with Crippen molar-refractivity contribution in [2.75, 3.05) is 24.6 Å². The van der Waals surface area contributed by atoms with Crippen LogP contribution < -0.4 is 9.64 Å². The summed E-state index contributed by atoms with van der Waals surface area (Å²) in [5, 5.41) is 27.5. The van der Waals surface area contributed by atoms with Gasteiger partial charge in [-0.3, -0.25) is 10.1 Å². The Kier molecular flexibility index (Phi) is 11.9. The van der Waals surface area contributed by atoms with Gasteiger partial charge in [0, 0.05) is 31.2 Å². The van der Waals surface area contributed by atoms with Crippen LogP contribution >= 0.6 is 18.5 Å². The third kappa shape index (κ3) is 9.71. The lowest BCUT2D eigenvalue weighted by Gasteiger charge is -2.16. The summed E-state index contributed by atoms with van der Waals surface area (Å²) in [6.07, 6.45) is 5.38. The first kappa shape index (κ1) is 30.1. The fourth-order valence-electron chi connectivity index (χ4n) is 3.27. The molecule has 0 aliphatic heterocycles. The largest absolute Gasteiger partial charge is 0.490 e. The third-order valence-corrected chi connectivity index (χ3v) is 6.26. The van der Waals surface area contributed by atoms with Gasteiger partial charge < -0.3 is 9.64 Å². The zero-order valence-corrected chi connectivity index (χ0v) is 24.2. The molecule has 0 fully saturated rings. The molecule has 40 heavy (non-hydrogen) atoms. The van der Waals surface area contributed by atoms with E-state index < -0.39 is 4.92 Å². The number of hydrogen-bond donors (Lipinski definition) is 0. The van der Waals surface area contributed by atoms with Crippen LogP contribution in [0.25, 0.3) is 12.2 Å². The molecule has 0 saturated heterocycles. The van der Waals surface area contributed by atoms with E-state index in [2.05, 4.69) is 51.8 Å². The SMILES string of the molecule is CN(CP)c1ccc(/C=C/c2ccc([N+](=O)[O-])cc2)cc1.N#Cc1ccc(N=Nc2ccc(OCP)cc2)cc1. The molecule has 4 aromatic rings. The molecule has 0 radical (unpaired) electrons. The Hall–Kier alpha value is -4.43. The molecule has 0 heterocycles. The molecule has 0 saturated carbocycles. The minimum atomic E-state index is -0.394. The number of hydrogen-bond acceptors (Lipinski definition) is 7. The van der Waals surface area contributed by atoms with Crippen molar-refractivity contribution >= 4 is 53.4 Å². The van der Waals surface area contributed by atoms with Crippen molar-refractivity contribution < 1.29 is 9.66 Å². The summed E-state index contributed by atoms with van der Waals surface area (Å²) in [4.78, 5) is 12.3. The van der Waals surface area contributed by atoms with Crippen LogP contribution in [0.15, 0.2) is 107 Å². The Morgan fingerprint density at radius 2 is 1.35 bits per heavy atom. The number of nitro benzene ring substituents is 1. The molecule has 0 bridgehead atoms. The highest BCUT2D eigenvalue weighted by Gasteiger charge is 2.02. The minimum absolute atomic E-state index is 0.108. The first-order chi connectivity index (χ1) is 19.4. The molecular weight excluding hydrogens is 540 g/mol. The molecule has 0 aromatic heterocycles. The van der Waals surface area contributed by atoms with Gasteiger partial charge in [0.25, 0.3) is 5.69 Å². The molecule has 0 spiro atoms. The third-order valence-electron chi connectivity index (χ3n) is 5.54. The molecule has 0 amide bonds. The Bertz CT molecular complexity index is 1470. The Morgan fingerprint density at radius 1 is 0.850 bits per heavy atom. The van der Waals surface area contributed by atoms with Gasteiger partial charge in [0.15, 0.2) is 0 Å². The smallest absolute Gasteiger partial charge is 0.269 e. The maximum atomic E-state index is 10.6. The molecular formula is C30H29N5O3P2. The second kappa shape index (κ2) is 15.9. The topological polar surface area (TPSA) is 104 Å². The van der Waals surface area contributed by atoms with Gasteiger partial charge in [0.05, 0.1) is 27.9 Å². The zero-order chi connectivity index (χ0) is 28.7. The van der Waals surface area contributed by atoms with Gasteiger partial charge in [-0.1, -0.05) is 33.5 Å². The number of nitro groups is 1. The van der Waals surface area contributed by atoms with Crippen molar-refractivity contribution in [3.63, 3.8) is 0 Å². The summed E-state index contributed by atoms with van der Waals surface area (Å²) >= 11 is 0. The number of benzene rings is 4. The van der Waals surface area contributed by atoms with Crippen LogP contribution in [0, 0.1) is 21.4 Å². The summed E-state index contributed by atoms with van der Waals surface area (Å²) in [5.41, 5.74) is 5.37. The van der Waals surface area contributed by atoms with Crippen LogP contribution in [-0.2, 0) is 0 Å². The highest BCUT2D eigenvalue weighted by Crippen LogP contribution is 2.22. The molecule has 2 atom stereocenters. The fraction of sp³-hybridized carbons (Fsp3) is 0.100. The zero-order valence-electron chi connectivity index (χ0n) is 21.9. The number of ether oxygens (including phenoxy) is 1. The average molecular weight is 570 g/mol. The first-order valence-electron chi connectivity index (χ1n) is 12.2. The number of non-ortho nitro benzene ring substituents is 1. The highest BCUT2D eigenvalue weighted by molar-refractivity contribution is 7.16. The second-order valence-corrected chi connectivity index (χ2v) is 9.02. The molecule has 0 aliphatic rings. The Morgan fingerprint density at radius 3 is 1.80 bits per heavy atom. The summed E-state index contributed by atoms with van der Waals surface area (Å²) in [7, 11) is 7.22. The monoisotopic (exact) mass is 569 g/mol. The van der Waals surface area contributed by atoms with Crippen molar-refractivity contribution in [3.8, 4) is 11.8 Å². The molecule has 10 heteroatoms. The van der Waals surface area contributed by atoms with Gasteiger partial charge in [-0.2, -0.15) is 15.5 Å². The van der Waals surface area contributed by atoms with E-state index in [1.54, 1.807) is 36.4 Å². The number of nitrogens with zero attached hydrogens (tertiary/aromatic N) is 5. The van der Waals surface area contributed by atoms with E-state index in [9.17, 15) is 10.1 Å². The van der Waals surface area contributed by atoms with Crippen LogP contribution in [0.3, 0.4) is 0 Å². The van der Waals surface area contributed by atoms with Gasteiger partial charge in [-0.05, 0) is 83.9 Å². The van der Waals surface area contributed by atoms with Crippen LogP contribution in [0.5, 0.6) is 5.75 Å². The molecule has 4 aromatic carbocycles. The van der Waals surface area contributed by atoms with Crippen molar-refractivity contribution in [3.05, 3.63) is 124 Å². The van der Waals surface area contributed by atoms with Crippen LogP contribution in [0.4, 0.5) is 22.7 Å². The second-order valence-electron chi connectivity index (χ2n) is 8.32. The van der Waals surface area contributed by atoms with E-state index in [4.69, 9.17) is 10.00 Å². The minimum Gasteiger partial charge on any atom is -0.490 e. The lowest BCUT2D eigenvalue weighted by atomic mass is 10.1. The van der Waals surface area contributed by atoms with Gasteiger partial charge >= 0.3 is 0 Å². The molecule has 0 N–H and O–H groups in total. The number of rotatable bonds is 9. The maximum absolute atomic E-state index is 10.6. The van der Waals surface area contributed by atoms with Crippen molar-refractivity contribution in [2.45, 2.75) is 0 Å². The van der Waals surface area contributed by atoms with E-state index in [0.29, 0.717) is 17.6 Å². The standard InChI is InChI=1S/C16H17N2O2P.C14H12N3OP/c1-17(12-21)15-8-4-13(5-9-15)2-3-14-6-10-16(11-7-14)18(19)20;15-9-11-1-3-12(4-2-11)16-17-13-5-7-14(8-6-13)18-10-19/h2-11H,12,21H2,1H3;1-8H,10,19H2/b3-2+;. The summed E-state index contributed by atoms with van der Waals surface area (Å²) < 4.78 is 5.31. The molecule has 8 nitrogen and oxygen atoms in total. The Labute approximate surface area is 238 Å². The number of azo groups is 1. The van der Waals surface area contributed by atoms with Crippen LogP contribution in [0.1, 0.15) is 16.7 Å². The van der Waals surface area contributed by atoms with E-state index in [0.717, 1.165) is 34.5 Å². The van der Waals surface area contributed by atoms with E-state index in [1.807, 2.05) is 55.6 Å². The fourth-order valence-corrected chi connectivity index (χ4v) is 3.67. The molecule has 0 aliphatic carbocycles. The highest BCUT2D eigenvalue weighted by atomic mass is 31.0.